The Balaban J connectivity index is 1.78. The predicted molar refractivity (Wildman–Crippen MR) is 95.0 cm³/mol. The van der Waals surface area contributed by atoms with Crippen molar-refractivity contribution < 1.29 is 19.1 Å². The first-order chi connectivity index (χ1) is 11.7. The first kappa shape index (κ1) is 19.4. The first-order valence-corrected chi connectivity index (χ1v) is 9.23. The number of carbonyl (C=O) groups excluding carboxylic acids is 3. The Kier molecular flexibility index (Phi) is 6.16. The molecule has 7 nitrogen and oxygen atoms in total. The van der Waals surface area contributed by atoms with Crippen molar-refractivity contribution in [1.82, 2.24) is 9.88 Å². The van der Waals surface area contributed by atoms with Crippen molar-refractivity contribution in [2.45, 2.75) is 47.1 Å². The highest BCUT2D eigenvalue weighted by Crippen LogP contribution is 2.24. The summed E-state index contributed by atoms with van der Waals surface area (Å²) < 4.78 is 5.34. The zero-order chi connectivity index (χ0) is 18.6. The topological polar surface area (TPSA) is 88.6 Å². The van der Waals surface area contributed by atoms with Crippen LogP contribution in [0.2, 0.25) is 0 Å². The van der Waals surface area contributed by atoms with E-state index in [4.69, 9.17) is 4.74 Å². The smallest absolute Gasteiger partial charge is 0.309 e. The van der Waals surface area contributed by atoms with E-state index in [2.05, 4.69) is 10.3 Å². The van der Waals surface area contributed by atoms with Gasteiger partial charge in [-0.2, -0.15) is 0 Å². The van der Waals surface area contributed by atoms with E-state index < -0.39 is 5.41 Å². The van der Waals surface area contributed by atoms with Gasteiger partial charge in [0.05, 0.1) is 11.6 Å². The summed E-state index contributed by atoms with van der Waals surface area (Å²) in [6, 6.07) is 0. The Morgan fingerprint density at radius 1 is 1.32 bits per heavy atom. The van der Waals surface area contributed by atoms with Crippen LogP contribution in [0.1, 0.15) is 46.2 Å². The Labute approximate surface area is 151 Å². The molecule has 1 N–H and O–H groups in total. The summed E-state index contributed by atoms with van der Waals surface area (Å²) in [5.41, 5.74) is 0.214. The number of nitrogens with zero attached hydrogens (tertiary/aromatic N) is 2. The van der Waals surface area contributed by atoms with Gasteiger partial charge in [-0.1, -0.05) is 20.8 Å². The highest BCUT2D eigenvalue weighted by molar-refractivity contribution is 7.13. The van der Waals surface area contributed by atoms with Crippen molar-refractivity contribution in [3.63, 3.8) is 0 Å². The zero-order valence-corrected chi connectivity index (χ0v) is 15.9. The third kappa shape index (κ3) is 5.52. The minimum absolute atomic E-state index is 0.0933. The van der Waals surface area contributed by atoms with Crippen LogP contribution in [0.3, 0.4) is 0 Å². The molecule has 2 amide bonds. The van der Waals surface area contributed by atoms with Crippen LogP contribution in [0.5, 0.6) is 0 Å². The average Bonchev–Trinajstić information content (AvgIpc) is 2.98. The highest BCUT2D eigenvalue weighted by atomic mass is 32.1. The SMILES string of the molecule is CC(=O)Nc1nc(COC(=O)C2CCN(C(=O)C(C)(C)C)CC2)cs1. The molecule has 2 rings (SSSR count). The van der Waals surface area contributed by atoms with Crippen molar-refractivity contribution in [3.8, 4) is 0 Å². The lowest BCUT2D eigenvalue weighted by atomic mass is 9.91. The molecule has 0 radical (unpaired) electrons. The summed E-state index contributed by atoms with van der Waals surface area (Å²) in [6.45, 7) is 8.38. The van der Waals surface area contributed by atoms with Gasteiger partial charge >= 0.3 is 5.97 Å². The van der Waals surface area contributed by atoms with Gasteiger partial charge in [-0.25, -0.2) is 4.98 Å². The predicted octanol–water partition coefficient (Wildman–Crippen LogP) is 2.43. The van der Waals surface area contributed by atoms with Gasteiger partial charge in [0.1, 0.15) is 6.61 Å². The molecule has 1 fully saturated rings. The Bertz CT molecular complexity index is 643. The number of anilines is 1. The second-order valence-electron chi connectivity index (χ2n) is 7.25. The van der Waals surface area contributed by atoms with Crippen LogP contribution in [0.25, 0.3) is 0 Å². The number of piperidine rings is 1. The monoisotopic (exact) mass is 367 g/mol. The van der Waals surface area contributed by atoms with Gasteiger partial charge in [0, 0.05) is 30.8 Å². The molecule has 1 aromatic rings. The quantitative estimate of drug-likeness (QED) is 0.826. The fourth-order valence-electron chi connectivity index (χ4n) is 2.64. The van der Waals surface area contributed by atoms with Crippen LogP contribution < -0.4 is 5.32 Å². The van der Waals surface area contributed by atoms with E-state index in [9.17, 15) is 14.4 Å². The molecule has 0 atom stereocenters. The van der Waals surface area contributed by atoms with Crippen molar-refractivity contribution in [2.24, 2.45) is 11.3 Å². The van der Waals surface area contributed by atoms with Crippen LogP contribution in [0.4, 0.5) is 5.13 Å². The number of esters is 1. The Morgan fingerprint density at radius 2 is 1.96 bits per heavy atom. The highest BCUT2D eigenvalue weighted by Gasteiger charge is 2.32. The summed E-state index contributed by atoms with van der Waals surface area (Å²) in [5.74, 6) is -0.504. The minimum Gasteiger partial charge on any atom is -0.459 e. The molecule has 0 unspecified atom stereocenters. The normalized spacial score (nSPS) is 15.8. The molecule has 138 valence electrons. The third-order valence-corrected chi connectivity index (χ3v) is 4.76. The van der Waals surface area contributed by atoms with Crippen molar-refractivity contribution >= 4 is 34.3 Å². The summed E-state index contributed by atoms with van der Waals surface area (Å²) in [7, 11) is 0. The lowest BCUT2D eigenvalue weighted by Crippen LogP contribution is -2.45. The lowest BCUT2D eigenvalue weighted by molar-refractivity contribution is -0.154. The molecular weight excluding hydrogens is 342 g/mol. The molecule has 0 bridgehead atoms. The standard InChI is InChI=1S/C17H25N3O4S/c1-11(21)18-16-19-13(10-25-16)9-24-14(22)12-5-7-20(8-6-12)15(23)17(2,3)4/h10,12H,5-9H2,1-4H3,(H,18,19,21). The van der Waals surface area contributed by atoms with Gasteiger partial charge in [-0.3, -0.25) is 14.4 Å². The lowest BCUT2D eigenvalue weighted by Gasteiger charge is -2.34. The van der Waals surface area contributed by atoms with Gasteiger partial charge in [-0.05, 0) is 12.8 Å². The maximum Gasteiger partial charge on any atom is 0.309 e. The average molecular weight is 367 g/mol. The molecule has 1 aliphatic rings. The number of rotatable bonds is 4. The van der Waals surface area contributed by atoms with Gasteiger partial charge in [-0.15, -0.1) is 11.3 Å². The molecule has 0 spiro atoms. The molecule has 0 saturated carbocycles. The Hall–Kier alpha value is -1.96. The maximum absolute atomic E-state index is 12.3. The largest absolute Gasteiger partial charge is 0.459 e. The molecular formula is C17H25N3O4S. The van der Waals surface area contributed by atoms with Crippen molar-refractivity contribution in [3.05, 3.63) is 11.1 Å². The number of hydrogen-bond acceptors (Lipinski definition) is 6. The molecule has 1 aromatic heterocycles. The van der Waals surface area contributed by atoms with E-state index in [-0.39, 0.29) is 30.3 Å². The summed E-state index contributed by atoms with van der Waals surface area (Å²) in [5, 5.41) is 4.84. The van der Waals surface area contributed by atoms with Crippen molar-refractivity contribution in [2.75, 3.05) is 18.4 Å². The van der Waals surface area contributed by atoms with Gasteiger partial charge in [0.2, 0.25) is 11.8 Å². The molecule has 25 heavy (non-hydrogen) atoms. The number of amides is 2. The molecule has 1 saturated heterocycles. The number of carbonyl (C=O) groups is 3. The second-order valence-corrected chi connectivity index (χ2v) is 8.11. The van der Waals surface area contributed by atoms with Crippen LogP contribution in [-0.4, -0.2) is 40.8 Å². The number of thiazole rings is 1. The first-order valence-electron chi connectivity index (χ1n) is 8.35. The fourth-order valence-corrected chi connectivity index (χ4v) is 3.38. The van der Waals surface area contributed by atoms with E-state index in [1.54, 1.807) is 5.38 Å². The number of hydrogen-bond donors (Lipinski definition) is 1. The molecule has 2 heterocycles. The summed E-state index contributed by atoms with van der Waals surface area (Å²) >= 11 is 1.29. The van der Waals surface area contributed by atoms with Gasteiger partial charge < -0.3 is 15.0 Å². The summed E-state index contributed by atoms with van der Waals surface area (Å²) in [6.07, 6.45) is 1.24. The maximum atomic E-state index is 12.3. The minimum atomic E-state index is -0.399. The van der Waals surface area contributed by atoms with E-state index in [1.807, 2.05) is 25.7 Å². The van der Waals surface area contributed by atoms with Crippen LogP contribution in [0, 0.1) is 11.3 Å². The van der Waals surface area contributed by atoms with Crippen molar-refractivity contribution in [1.29, 1.82) is 0 Å². The van der Waals surface area contributed by atoms with E-state index >= 15 is 0 Å². The third-order valence-electron chi connectivity index (χ3n) is 3.95. The van der Waals surface area contributed by atoms with E-state index in [0.29, 0.717) is 36.8 Å². The molecule has 1 aliphatic heterocycles. The zero-order valence-electron chi connectivity index (χ0n) is 15.1. The van der Waals surface area contributed by atoms with E-state index in [0.717, 1.165) is 0 Å². The molecule has 8 heteroatoms. The number of ether oxygens (including phenoxy) is 1. The van der Waals surface area contributed by atoms with Crippen LogP contribution in [-0.2, 0) is 25.7 Å². The number of aromatic nitrogens is 1. The molecule has 0 aromatic carbocycles. The fraction of sp³-hybridized carbons (Fsp3) is 0.647. The van der Waals surface area contributed by atoms with Crippen LogP contribution in [0.15, 0.2) is 5.38 Å². The summed E-state index contributed by atoms with van der Waals surface area (Å²) in [4.78, 5) is 41.5. The van der Waals surface area contributed by atoms with Crippen LogP contribution >= 0.6 is 11.3 Å². The van der Waals surface area contributed by atoms with Gasteiger partial charge in [0.15, 0.2) is 5.13 Å². The number of likely N-dealkylation sites (tertiary alicyclic amines) is 1. The molecule has 0 aliphatic carbocycles. The number of nitrogens with one attached hydrogen (secondary N) is 1. The van der Waals surface area contributed by atoms with Gasteiger partial charge in [0.25, 0.3) is 0 Å². The second kappa shape index (κ2) is 7.95. The Morgan fingerprint density at radius 3 is 2.52 bits per heavy atom. The van der Waals surface area contributed by atoms with E-state index in [1.165, 1.54) is 18.3 Å².